The maximum Gasteiger partial charge on any atom is 0.259 e. The molecule has 0 aliphatic carbocycles. The normalized spacial score (nSPS) is 23.3. The molecule has 1 aromatic heterocycles. The Morgan fingerprint density at radius 3 is 2.67 bits per heavy atom. The number of rotatable bonds is 5. The summed E-state index contributed by atoms with van der Waals surface area (Å²) in [4.78, 5) is 19.1. The first kappa shape index (κ1) is 20.8. The van der Waals surface area contributed by atoms with Crippen LogP contribution in [0.3, 0.4) is 0 Å². The molecule has 30 heavy (non-hydrogen) atoms. The van der Waals surface area contributed by atoms with Gasteiger partial charge in [-0.2, -0.15) is 0 Å². The Labute approximate surface area is 178 Å². The number of piperidine rings is 1. The van der Waals surface area contributed by atoms with Crippen molar-refractivity contribution < 1.29 is 19.0 Å². The molecule has 160 valence electrons. The van der Waals surface area contributed by atoms with Crippen LogP contribution in [-0.2, 0) is 9.47 Å². The topological polar surface area (TPSA) is 60.9 Å². The molecule has 2 aliphatic rings. The third kappa shape index (κ3) is 4.35. The van der Waals surface area contributed by atoms with Crippen molar-refractivity contribution in [3.63, 3.8) is 0 Å². The summed E-state index contributed by atoms with van der Waals surface area (Å²) in [5.41, 5.74) is 1.45. The average Bonchev–Trinajstić information content (AvgIpc) is 2.79. The van der Waals surface area contributed by atoms with E-state index in [4.69, 9.17) is 14.2 Å². The maximum absolute atomic E-state index is 13.0. The zero-order valence-electron chi connectivity index (χ0n) is 17.8. The molecule has 0 N–H and O–H groups in total. The van der Waals surface area contributed by atoms with E-state index in [0.29, 0.717) is 31.1 Å². The molecule has 2 fully saturated rings. The molecule has 1 amide bonds. The van der Waals surface area contributed by atoms with Gasteiger partial charge in [-0.1, -0.05) is 30.3 Å². The Hall–Kier alpha value is -2.44. The molecule has 0 saturated carbocycles. The fourth-order valence-corrected chi connectivity index (χ4v) is 4.70. The average molecular weight is 411 g/mol. The van der Waals surface area contributed by atoms with Crippen LogP contribution in [0.25, 0.3) is 0 Å². The number of aromatic nitrogens is 1. The molecular formula is C24H30N2O4. The number of amides is 1. The van der Waals surface area contributed by atoms with Crippen molar-refractivity contribution in [2.45, 2.75) is 50.4 Å². The summed E-state index contributed by atoms with van der Waals surface area (Å²) in [7, 11) is 1.54. The second-order valence-electron chi connectivity index (χ2n) is 8.07. The second kappa shape index (κ2) is 9.14. The van der Waals surface area contributed by atoms with Crippen LogP contribution in [-0.4, -0.2) is 54.3 Å². The van der Waals surface area contributed by atoms with Crippen molar-refractivity contribution in [1.29, 1.82) is 0 Å². The first-order chi connectivity index (χ1) is 14.6. The van der Waals surface area contributed by atoms with E-state index in [2.05, 4.69) is 29.2 Å². The quantitative estimate of drug-likeness (QED) is 0.745. The van der Waals surface area contributed by atoms with Crippen LogP contribution in [0.2, 0.25) is 0 Å². The van der Waals surface area contributed by atoms with Crippen LogP contribution < -0.4 is 4.74 Å². The predicted molar refractivity (Wildman–Crippen MR) is 114 cm³/mol. The number of carbonyl (C=O) groups is 1. The third-order valence-corrected chi connectivity index (χ3v) is 6.20. The number of methoxy groups -OCH3 is 1. The highest BCUT2D eigenvalue weighted by atomic mass is 16.5. The first-order valence-corrected chi connectivity index (χ1v) is 10.8. The zero-order valence-corrected chi connectivity index (χ0v) is 17.8. The number of carbonyl (C=O) groups excluding carboxylic acids is 1. The van der Waals surface area contributed by atoms with E-state index in [1.54, 1.807) is 18.3 Å². The SMILES string of the molecule is CCOC1CC(c2ccccc2)OC2(CCN(C(=O)c3cccnc3OC)CC2)C1. The van der Waals surface area contributed by atoms with E-state index in [1.807, 2.05) is 17.9 Å². The van der Waals surface area contributed by atoms with Crippen molar-refractivity contribution >= 4 is 5.91 Å². The molecule has 3 heterocycles. The summed E-state index contributed by atoms with van der Waals surface area (Å²) in [6.45, 7) is 4.05. The van der Waals surface area contributed by atoms with Gasteiger partial charge >= 0.3 is 0 Å². The molecular weight excluding hydrogens is 380 g/mol. The van der Waals surface area contributed by atoms with Crippen LogP contribution in [0.15, 0.2) is 48.7 Å². The minimum absolute atomic E-state index is 0.0252. The lowest BCUT2D eigenvalue weighted by molar-refractivity contribution is -0.190. The van der Waals surface area contributed by atoms with E-state index in [0.717, 1.165) is 25.7 Å². The van der Waals surface area contributed by atoms with Gasteiger partial charge in [0.1, 0.15) is 5.56 Å². The minimum Gasteiger partial charge on any atom is -0.480 e. The molecule has 2 aliphatic heterocycles. The molecule has 2 unspecified atom stereocenters. The van der Waals surface area contributed by atoms with Crippen LogP contribution in [0.5, 0.6) is 5.88 Å². The lowest BCUT2D eigenvalue weighted by Crippen LogP contribution is -2.52. The van der Waals surface area contributed by atoms with Crippen molar-refractivity contribution in [2.24, 2.45) is 0 Å². The largest absolute Gasteiger partial charge is 0.480 e. The molecule has 6 heteroatoms. The van der Waals surface area contributed by atoms with Gasteiger partial charge in [0.2, 0.25) is 5.88 Å². The van der Waals surface area contributed by atoms with Gasteiger partial charge in [0, 0.05) is 38.7 Å². The summed E-state index contributed by atoms with van der Waals surface area (Å²) in [5.74, 6) is 0.337. The van der Waals surface area contributed by atoms with Gasteiger partial charge in [-0.25, -0.2) is 4.98 Å². The van der Waals surface area contributed by atoms with Gasteiger partial charge in [0.05, 0.1) is 24.9 Å². The molecule has 2 atom stereocenters. The zero-order chi connectivity index (χ0) is 21.0. The van der Waals surface area contributed by atoms with Crippen LogP contribution in [0.1, 0.15) is 54.6 Å². The molecule has 2 saturated heterocycles. The standard InChI is InChI=1S/C24H30N2O4/c1-3-29-19-16-21(18-8-5-4-6-9-18)30-24(17-19)11-14-26(15-12-24)23(27)20-10-7-13-25-22(20)28-2/h4-10,13,19,21H,3,11-12,14-17H2,1-2H3. The Kier molecular flexibility index (Phi) is 6.35. The number of likely N-dealkylation sites (tertiary alicyclic amines) is 1. The highest BCUT2D eigenvalue weighted by molar-refractivity contribution is 5.96. The molecule has 0 radical (unpaired) electrons. The van der Waals surface area contributed by atoms with E-state index < -0.39 is 0 Å². The molecule has 1 aromatic carbocycles. The Morgan fingerprint density at radius 1 is 1.20 bits per heavy atom. The molecule has 4 rings (SSSR count). The third-order valence-electron chi connectivity index (χ3n) is 6.20. The fourth-order valence-electron chi connectivity index (χ4n) is 4.70. The summed E-state index contributed by atoms with van der Waals surface area (Å²) < 4.78 is 18.0. The van der Waals surface area contributed by atoms with Gasteiger partial charge in [-0.3, -0.25) is 4.79 Å². The van der Waals surface area contributed by atoms with Gasteiger partial charge in [0.15, 0.2) is 0 Å². The summed E-state index contributed by atoms with van der Waals surface area (Å²) in [6, 6.07) is 13.9. The smallest absolute Gasteiger partial charge is 0.259 e. The van der Waals surface area contributed by atoms with Crippen LogP contribution in [0, 0.1) is 0 Å². The van der Waals surface area contributed by atoms with E-state index in [9.17, 15) is 4.79 Å². The number of hydrogen-bond acceptors (Lipinski definition) is 5. The monoisotopic (exact) mass is 410 g/mol. The minimum atomic E-state index is -0.256. The van der Waals surface area contributed by atoms with Crippen LogP contribution >= 0.6 is 0 Å². The van der Waals surface area contributed by atoms with Crippen LogP contribution in [0.4, 0.5) is 0 Å². The lowest BCUT2D eigenvalue weighted by atomic mass is 9.80. The lowest BCUT2D eigenvalue weighted by Gasteiger charge is -2.48. The van der Waals surface area contributed by atoms with E-state index >= 15 is 0 Å². The fraction of sp³-hybridized carbons (Fsp3) is 0.500. The Balaban J connectivity index is 1.48. The van der Waals surface area contributed by atoms with E-state index in [1.165, 1.54) is 12.7 Å². The molecule has 2 aromatic rings. The molecule has 6 nitrogen and oxygen atoms in total. The maximum atomic E-state index is 13.0. The van der Waals surface area contributed by atoms with Gasteiger partial charge < -0.3 is 19.1 Å². The number of hydrogen-bond donors (Lipinski definition) is 0. The van der Waals surface area contributed by atoms with Crippen molar-refractivity contribution in [3.8, 4) is 5.88 Å². The summed E-state index contributed by atoms with van der Waals surface area (Å²) in [5, 5.41) is 0. The van der Waals surface area contributed by atoms with Gasteiger partial charge in [0.25, 0.3) is 5.91 Å². The number of nitrogens with zero attached hydrogens (tertiary/aromatic N) is 2. The van der Waals surface area contributed by atoms with Gasteiger partial charge in [-0.05, 0) is 37.5 Å². The van der Waals surface area contributed by atoms with E-state index in [-0.39, 0.29) is 23.7 Å². The Bertz CT molecular complexity index is 849. The number of ether oxygens (including phenoxy) is 3. The highest BCUT2D eigenvalue weighted by Crippen LogP contribution is 2.44. The van der Waals surface area contributed by atoms with Crippen molar-refractivity contribution in [2.75, 3.05) is 26.8 Å². The summed E-state index contributed by atoms with van der Waals surface area (Å²) >= 11 is 0. The summed E-state index contributed by atoms with van der Waals surface area (Å²) in [6.07, 6.45) is 5.18. The van der Waals surface area contributed by atoms with Crippen molar-refractivity contribution in [1.82, 2.24) is 9.88 Å². The first-order valence-electron chi connectivity index (χ1n) is 10.8. The number of pyridine rings is 1. The highest BCUT2D eigenvalue weighted by Gasteiger charge is 2.45. The number of benzene rings is 1. The second-order valence-corrected chi connectivity index (χ2v) is 8.07. The van der Waals surface area contributed by atoms with Gasteiger partial charge in [-0.15, -0.1) is 0 Å². The van der Waals surface area contributed by atoms with Crippen molar-refractivity contribution in [3.05, 3.63) is 59.8 Å². The Morgan fingerprint density at radius 2 is 1.97 bits per heavy atom. The molecule has 1 spiro atoms. The predicted octanol–water partition coefficient (Wildman–Crippen LogP) is 4.02. The molecule has 0 bridgehead atoms.